The Morgan fingerprint density at radius 2 is 2.25 bits per heavy atom. The Bertz CT molecular complexity index is 360. The smallest absolute Gasteiger partial charge is 0.223 e. The van der Waals surface area contributed by atoms with Crippen molar-refractivity contribution < 1.29 is 0 Å². The molecule has 0 radical (unpaired) electrons. The Labute approximate surface area is 97.7 Å². The first-order chi connectivity index (χ1) is 7.55. The molecule has 0 aromatic carbocycles. The van der Waals surface area contributed by atoms with E-state index in [0.717, 1.165) is 11.6 Å². The van der Waals surface area contributed by atoms with Crippen molar-refractivity contribution in [2.24, 2.45) is 5.41 Å². The fourth-order valence-electron chi connectivity index (χ4n) is 2.52. The molecule has 88 valence electrons. The first kappa shape index (κ1) is 11.4. The van der Waals surface area contributed by atoms with Crippen LogP contribution in [0.5, 0.6) is 0 Å². The molecular formula is C13H21N3. The zero-order chi connectivity index (χ0) is 11.6. The Morgan fingerprint density at radius 3 is 2.94 bits per heavy atom. The van der Waals surface area contributed by atoms with Crippen LogP contribution in [0.15, 0.2) is 12.3 Å². The maximum absolute atomic E-state index is 4.39. The van der Waals surface area contributed by atoms with E-state index in [0.29, 0.717) is 11.5 Å². The van der Waals surface area contributed by atoms with Gasteiger partial charge in [0.1, 0.15) is 0 Å². The monoisotopic (exact) mass is 219 g/mol. The molecule has 1 saturated carbocycles. The lowest BCUT2D eigenvalue weighted by Gasteiger charge is -2.35. The van der Waals surface area contributed by atoms with Gasteiger partial charge in [-0.05, 0) is 37.7 Å². The van der Waals surface area contributed by atoms with E-state index < -0.39 is 0 Å². The van der Waals surface area contributed by atoms with E-state index in [9.17, 15) is 0 Å². The molecule has 1 fully saturated rings. The number of aryl methyl sites for hydroxylation is 1. The third-order valence-electron chi connectivity index (χ3n) is 3.33. The summed E-state index contributed by atoms with van der Waals surface area (Å²) < 4.78 is 0. The second-order valence-corrected chi connectivity index (χ2v) is 5.62. The molecule has 0 amide bonds. The molecule has 0 aliphatic heterocycles. The van der Waals surface area contributed by atoms with Gasteiger partial charge >= 0.3 is 0 Å². The van der Waals surface area contributed by atoms with Gasteiger partial charge in [-0.15, -0.1) is 0 Å². The van der Waals surface area contributed by atoms with Crippen LogP contribution < -0.4 is 5.32 Å². The third-order valence-corrected chi connectivity index (χ3v) is 3.33. The summed E-state index contributed by atoms with van der Waals surface area (Å²) in [6.07, 6.45) is 6.90. The Hall–Kier alpha value is -1.12. The largest absolute Gasteiger partial charge is 0.351 e. The first-order valence-electron chi connectivity index (χ1n) is 6.11. The SMILES string of the molecule is Cc1ccnc(NC2CCCC(C)(C)C2)n1. The lowest BCUT2D eigenvalue weighted by atomic mass is 9.75. The number of aromatic nitrogens is 2. The van der Waals surface area contributed by atoms with Gasteiger partial charge in [0.2, 0.25) is 5.95 Å². The van der Waals surface area contributed by atoms with Crippen molar-refractivity contribution in [1.82, 2.24) is 9.97 Å². The molecule has 1 heterocycles. The molecule has 1 unspecified atom stereocenters. The highest BCUT2D eigenvalue weighted by Gasteiger charge is 2.28. The van der Waals surface area contributed by atoms with E-state index in [2.05, 4.69) is 29.1 Å². The summed E-state index contributed by atoms with van der Waals surface area (Å²) in [7, 11) is 0. The van der Waals surface area contributed by atoms with Crippen molar-refractivity contribution in [1.29, 1.82) is 0 Å². The van der Waals surface area contributed by atoms with Gasteiger partial charge in [-0.2, -0.15) is 0 Å². The summed E-state index contributed by atoms with van der Waals surface area (Å²) in [6, 6.07) is 2.46. The van der Waals surface area contributed by atoms with E-state index >= 15 is 0 Å². The Kier molecular flexibility index (Phi) is 3.13. The molecule has 1 atom stereocenters. The molecule has 1 aromatic heterocycles. The van der Waals surface area contributed by atoms with E-state index in [1.165, 1.54) is 25.7 Å². The average Bonchev–Trinajstić information content (AvgIpc) is 2.15. The Morgan fingerprint density at radius 1 is 1.44 bits per heavy atom. The van der Waals surface area contributed by atoms with Gasteiger partial charge < -0.3 is 5.32 Å². The summed E-state index contributed by atoms with van der Waals surface area (Å²) >= 11 is 0. The fraction of sp³-hybridized carbons (Fsp3) is 0.692. The van der Waals surface area contributed by atoms with Crippen LogP contribution in [-0.2, 0) is 0 Å². The summed E-state index contributed by atoms with van der Waals surface area (Å²) in [4.78, 5) is 8.65. The van der Waals surface area contributed by atoms with Crippen molar-refractivity contribution in [3.63, 3.8) is 0 Å². The molecule has 1 aliphatic rings. The highest BCUT2D eigenvalue weighted by Crippen LogP contribution is 2.35. The second kappa shape index (κ2) is 4.40. The molecule has 3 nitrogen and oxygen atoms in total. The maximum atomic E-state index is 4.39. The molecular weight excluding hydrogens is 198 g/mol. The quantitative estimate of drug-likeness (QED) is 0.830. The molecule has 2 rings (SSSR count). The highest BCUT2D eigenvalue weighted by molar-refractivity contribution is 5.26. The van der Waals surface area contributed by atoms with Crippen LogP contribution in [0, 0.1) is 12.3 Å². The number of anilines is 1. The predicted octanol–water partition coefficient (Wildman–Crippen LogP) is 3.17. The second-order valence-electron chi connectivity index (χ2n) is 5.62. The number of nitrogens with zero attached hydrogens (tertiary/aromatic N) is 2. The molecule has 3 heteroatoms. The van der Waals surface area contributed by atoms with Gasteiger partial charge in [0.05, 0.1) is 0 Å². The van der Waals surface area contributed by atoms with Gasteiger partial charge in [0, 0.05) is 17.9 Å². The summed E-state index contributed by atoms with van der Waals surface area (Å²) in [5.41, 5.74) is 1.48. The van der Waals surface area contributed by atoms with Crippen LogP contribution in [0.2, 0.25) is 0 Å². The van der Waals surface area contributed by atoms with Crippen molar-refractivity contribution in [2.75, 3.05) is 5.32 Å². The minimum atomic E-state index is 0.458. The molecule has 0 bridgehead atoms. The van der Waals surface area contributed by atoms with E-state index in [4.69, 9.17) is 0 Å². The minimum absolute atomic E-state index is 0.458. The van der Waals surface area contributed by atoms with Crippen molar-refractivity contribution in [2.45, 2.75) is 52.5 Å². The molecule has 16 heavy (non-hydrogen) atoms. The van der Waals surface area contributed by atoms with Crippen molar-refractivity contribution in [3.05, 3.63) is 18.0 Å². The van der Waals surface area contributed by atoms with Crippen LogP contribution in [0.25, 0.3) is 0 Å². The van der Waals surface area contributed by atoms with E-state index in [-0.39, 0.29) is 0 Å². The van der Waals surface area contributed by atoms with Crippen LogP contribution in [0.4, 0.5) is 5.95 Å². The lowest BCUT2D eigenvalue weighted by Crippen LogP contribution is -2.32. The number of hydrogen-bond donors (Lipinski definition) is 1. The minimum Gasteiger partial charge on any atom is -0.351 e. The molecule has 1 N–H and O–H groups in total. The number of hydrogen-bond acceptors (Lipinski definition) is 3. The normalized spacial score (nSPS) is 24.1. The number of rotatable bonds is 2. The van der Waals surface area contributed by atoms with Gasteiger partial charge in [-0.25, -0.2) is 9.97 Å². The first-order valence-corrected chi connectivity index (χ1v) is 6.11. The van der Waals surface area contributed by atoms with Gasteiger partial charge in [0.15, 0.2) is 0 Å². The Balaban J connectivity index is 1.99. The molecule has 1 aliphatic carbocycles. The summed E-state index contributed by atoms with van der Waals surface area (Å²) in [5.74, 6) is 0.780. The third kappa shape index (κ3) is 2.94. The van der Waals surface area contributed by atoms with Gasteiger partial charge in [0.25, 0.3) is 0 Å². The van der Waals surface area contributed by atoms with E-state index in [1.54, 1.807) is 0 Å². The van der Waals surface area contributed by atoms with Crippen molar-refractivity contribution in [3.8, 4) is 0 Å². The number of nitrogens with one attached hydrogen (secondary N) is 1. The van der Waals surface area contributed by atoms with Crippen LogP contribution in [0.1, 0.15) is 45.2 Å². The maximum Gasteiger partial charge on any atom is 0.223 e. The molecule has 1 aromatic rings. The van der Waals surface area contributed by atoms with Gasteiger partial charge in [-0.3, -0.25) is 0 Å². The average molecular weight is 219 g/mol. The zero-order valence-corrected chi connectivity index (χ0v) is 10.5. The van der Waals surface area contributed by atoms with E-state index in [1.807, 2.05) is 19.2 Å². The van der Waals surface area contributed by atoms with Crippen LogP contribution >= 0.6 is 0 Å². The lowest BCUT2D eigenvalue weighted by molar-refractivity contribution is 0.229. The molecule has 0 saturated heterocycles. The zero-order valence-electron chi connectivity index (χ0n) is 10.5. The predicted molar refractivity (Wildman–Crippen MR) is 66.4 cm³/mol. The van der Waals surface area contributed by atoms with Crippen LogP contribution in [0.3, 0.4) is 0 Å². The van der Waals surface area contributed by atoms with Crippen LogP contribution in [-0.4, -0.2) is 16.0 Å². The standard InChI is InChI=1S/C13H21N3/c1-10-6-8-14-12(15-10)16-11-5-4-7-13(2,3)9-11/h6,8,11H,4-5,7,9H2,1-3H3,(H,14,15,16). The molecule has 0 spiro atoms. The summed E-state index contributed by atoms with van der Waals surface area (Å²) in [6.45, 7) is 6.69. The topological polar surface area (TPSA) is 37.8 Å². The highest BCUT2D eigenvalue weighted by atomic mass is 15.1. The van der Waals surface area contributed by atoms with Crippen molar-refractivity contribution >= 4 is 5.95 Å². The van der Waals surface area contributed by atoms with Gasteiger partial charge in [-0.1, -0.05) is 20.3 Å². The summed E-state index contributed by atoms with van der Waals surface area (Å²) in [5, 5.41) is 3.46. The fourth-order valence-corrected chi connectivity index (χ4v) is 2.52.